The zero-order chi connectivity index (χ0) is 19.7. The van der Waals surface area contributed by atoms with Crippen LogP contribution >= 0.6 is 11.6 Å². The molecule has 1 amide bonds. The highest BCUT2D eigenvalue weighted by atomic mass is 35.5. The lowest BCUT2D eigenvalue weighted by molar-refractivity contribution is 0.0857. The molecule has 1 N–H and O–H groups in total. The van der Waals surface area contributed by atoms with E-state index in [1.807, 2.05) is 12.1 Å². The Bertz CT molecular complexity index is 1060. The Labute approximate surface area is 165 Å². The van der Waals surface area contributed by atoms with Gasteiger partial charge in [-0.15, -0.1) is 0 Å². The summed E-state index contributed by atoms with van der Waals surface area (Å²) in [5.41, 5.74) is 2.88. The second-order valence-electron chi connectivity index (χ2n) is 6.39. The molecule has 0 bridgehead atoms. The molecule has 1 aliphatic rings. The van der Waals surface area contributed by atoms with Gasteiger partial charge in [0.1, 0.15) is 22.9 Å². The molecule has 0 fully saturated rings. The molecule has 1 atom stereocenters. The zero-order valence-corrected chi connectivity index (χ0v) is 15.7. The number of nitrogens with zero attached hydrogens (tertiary/aromatic N) is 3. The van der Waals surface area contributed by atoms with Crippen LogP contribution in [0.25, 0.3) is 0 Å². The summed E-state index contributed by atoms with van der Waals surface area (Å²) < 4.78 is 14.8. The number of nitrogens with one attached hydrogen (secondary N) is 1. The summed E-state index contributed by atoms with van der Waals surface area (Å²) in [6.45, 7) is 0. The lowest BCUT2D eigenvalue weighted by atomic mass is 10.0. The van der Waals surface area contributed by atoms with E-state index in [1.54, 1.807) is 31.3 Å². The summed E-state index contributed by atoms with van der Waals surface area (Å²) in [7, 11) is 1.66. The van der Waals surface area contributed by atoms with E-state index >= 15 is 0 Å². The largest absolute Gasteiger partial charge is 0.387 e. The number of hydrogen-bond donors (Lipinski definition) is 1. The first kappa shape index (κ1) is 18.2. The number of aromatic nitrogens is 2. The summed E-state index contributed by atoms with van der Waals surface area (Å²) in [4.78, 5) is 18.0. The number of benzene rings is 2. The predicted molar refractivity (Wildman–Crippen MR) is 104 cm³/mol. The number of rotatable bonds is 4. The fraction of sp³-hybridized carbons (Fsp3) is 0.150. The first-order valence-corrected chi connectivity index (χ1v) is 8.97. The number of anilines is 1. The van der Waals surface area contributed by atoms with Crippen LogP contribution in [-0.4, -0.2) is 21.4 Å². The standard InChI is InChI=1S/C20H16ClFN4O2/c1-26-18(20(27)23-15-4-2-3-14(22)9-15)10-16(24-26)17-11-19(28-25-17)12-5-7-13(21)8-6-12/h2-10,19H,11H2,1H3,(H,23,27). The Morgan fingerprint density at radius 1 is 1.25 bits per heavy atom. The first-order valence-electron chi connectivity index (χ1n) is 8.59. The molecule has 4 rings (SSSR count). The van der Waals surface area contributed by atoms with Gasteiger partial charge in [-0.2, -0.15) is 5.10 Å². The average molecular weight is 399 g/mol. The monoisotopic (exact) mass is 398 g/mol. The van der Waals surface area contributed by atoms with Crippen molar-refractivity contribution < 1.29 is 14.0 Å². The highest BCUT2D eigenvalue weighted by Gasteiger charge is 2.26. The van der Waals surface area contributed by atoms with Crippen LogP contribution in [0.15, 0.2) is 59.8 Å². The minimum Gasteiger partial charge on any atom is -0.387 e. The highest BCUT2D eigenvalue weighted by molar-refractivity contribution is 6.30. The van der Waals surface area contributed by atoms with Crippen molar-refractivity contribution in [1.29, 1.82) is 0 Å². The van der Waals surface area contributed by atoms with Gasteiger partial charge in [0.15, 0.2) is 6.10 Å². The zero-order valence-electron chi connectivity index (χ0n) is 14.9. The van der Waals surface area contributed by atoms with Crippen molar-refractivity contribution in [2.75, 3.05) is 5.32 Å². The van der Waals surface area contributed by atoms with E-state index in [1.165, 1.54) is 22.9 Å². The van der Waals surface area contributed by atoms with Gasteiger partial charge < -0.3 is 10.2 Å². The Hall–Kier alpha value is -3.19. The Balaban J connectivity index is 1.48. The van der Waals surface area contributed by atoms with E-state index in [9.17, 15) is 9.18 Å². The maximum atomic E-state index is 13.3. The first-order chi connectivity index (χ1) is 13.5. The Morgan fingerprint density at radius 2 is 2.04 bits per heavy atom. The summed E-state index contributed by atoms with van der Waals surface area (Å²) in [5.74, 6) is -0.810. The molecular formula is C20H16ClFN4O2. The summed E-state index contributed by atoms with van der Waals surface area (Å²) in [6.07, 6.45) is 0.308. The number of halogens is 2. The van der Waals surface area contributed by atoms with E-state index < -0.39 is 5.82 Å². The van der Waals surface area contributed by atoms with Gasteiger partial charge in [0.05, 0.1) is 0 Å². The second kappa shape index (κ2) is 7.44. The number of carbonyl (C=O) groups is 1. The molecule has 0 saturated carbocycles. The molecular weight excluding hydrogens is 383 g/mol. The molecule has 1 aliphatic heterocycles. The Kier molecular flexibility index (Phi) is 4.83. The molecule has 0 spiro atoms. The topological polar surface area (TPSA) is 68.5 Å². The van der Waals surface area contributed by atoms with Crippen molar-refractivity contribution in [2.45, 2.75) is 12.5 Å². The van der Waals surface area contributed by atoms with Gasteiger partial charge in [0.25, 0.3) is 5.91 Å². The average Bonchev–Trinajstić information content (AvgIpc) is 3.29. The lowest BCUT2D eigenvalue weighted by Gasteiger charge is -2.07. The van der Waals surface area contributed by atoms with Crippen molar-refractivity contribution in [3.05, 3.63) is 82.4 Å². The summed E-state index contributed by atoms with van der Waals surface area (Å²) >= 11 is 5.92. The van der Waals surface area contributed by atoms with Crippen molar-refractivity contribution in [2.24, 2.45) is 12.2 Å². The molecule has 8 heteroatoms. The van der Waals surface area contributed by atoms with Crippen LogP contribution in [-0.2, 0) is 11.9 Å². The van der Waals surface area contributed by atoms with Gasteiger partial charge in [-0.1, -0.05) is 35.0 Å². The van der Waals surface area contributed by atoms with Crippen molar-refractivity contribution in [1.82, 2.24) is 9.78 Å². The minimum absolute atomic E-state index is 0.223. The number of hydrogen-bond acceptors (Lipinski definition) is 4. The van der Waals surface area contributed by atoms with Crippen LogP contribution in [0.4, 0.5) is 10.1 Å². The number of aryl methyl sites for hydroxylation is 1. The maximum Gasteiger partial charge on any atom is 0.273 e. The van der Waals surface area contributed by atoms with Crippen LogP contribution in [0.1, 0.15) is 34.3 Å². The maximum absolute atomic E-state index is 13.3. The van der Waals surface area contributed by atoms with E-state index in [-0.39, 0.29) is 12.0 Å². The van der Waals surface area contributed by atoms with Gasteiger partial charge in [-0.05, 0) is 42.0 Å². The quantitative estimate of drug-likeness (QED) is 0.711. The second-order valence-corrected chi connectivity index (χ2v) is 6.83. The van der Waals surface area contributed by atoms with E-state index in [0.717, 1.165) is 5.56 Å². The van der Waals surface area contributed by atoms with Crippen LogP contribution in [0.3, 0.4) is 0 Å². The summed E-state index contributed by atoms with van der Waals surface area (Å²) in [6, 6.07) is 14.7. The third kappa shape index (κ3) is 3.75. The fourth-order valence-electron chi connectivity index (χ4n) is 2.97. The van der Waals surface area contributed by atoms with E-state index in [2.05, 4.69) is 15.6 Å². The van der Waals surface area contributed by atoms with Crippen LogP contribution in [0.5, 0.6) is 0 Å². The molecule has 0 saturated heterocycles. The van der Waals surface area contributed by atoms with Gasteiger partial charge in [0, 0.05) is 24.2 Å². The normalized spacial score (nSPS) is 15.8. The van der Waals surface area contributed by atoms with Gasteiger partial charge in [-0.3, -0.25) is 9.48 Å². The SMILES string of the molecule is Cn1nc(C2=NOC(c3ccc(Cl)cc3)C2)cc1C(=O)Nc1cccc(F)c1. The van der Waals surface area contributed by atoms with Crippen LogP contribution in [0.2, 0.25) is 5.02 Å². The predicted octanol–water partition coefficient (Wildman–Crippen LogP) is 4.33. The van der Waals surface area contributed by atoms with Gasteiger partial charge in [0.2, 0.25) is 0 Å². The van der Waals surface area contributed by atoms with E-state index in [0.29, 0.717) is 34.2 Å². The van der Waals surface area contributed by atoms with Crippen molar-refractivity contribution in [3.63, 3.8) is 0 Å². The van der Waals surface area contributed by atoms with Crippen LogP contribution < -0.4 is 5.32 Å². The molecule has 6 nitrogen and oxygen atoms in total. The molecule has 28 heavy (non-hydrogen) atoms. The van der Waals surface area contributed by atoms with Crippen LogP contribution in [0, 0.1) is 5.82 Å². The molecule has 1 unspecified atom stereocenters. The molecule has 2 aromatic carbocycles. The molecule has 1 aromatic heterocycles. The number of carbonyl (C=O) groups excluding carboxylic acids is 1. The van der Waals surface area contributed by atoms with Gasteiger partial charge >= 0.3 is 0 Å². The molecule has 142 valence electrons. The molecule has 0 aliphatic carbocycles. The number of oxime groups is 1. The minimum atomic E-state index is -0.422. The van der Waals surface area contributed by atoms with Crippen molar-refractivity contribution in [3.8, 4) is 0 Å². The lowest BCUT2D eigenvalue weighted by Crippen LogP contribution is -2.16. The van der Waals surface area contributed by atoms with Gasteiger partial charge in [-0.25, -0.2) is 4.39 Å². The third-order valence-electron chi connectivity index (χ3n) is 4.40. The third-order valence-corrected chi connectivity index (χ3v) is 4.65. The smallest absolute Gasteiger partial charge is 0.273 e. The highest BCUT2D eigenvalue weighted by Crippen LogP contribution is 2.30. The molecule has 3 aromatic rings. The van der Waals surface area contributed by atoms with Crippen molar-refractivity contribution >= 4 is 28.9 Å². The number of amides is 1. The fourth-order valence-corrected chi connectivity index (χ4v) is 3.09. The Morgan fingerprint density at radius 3 is 2.79 bits per heavy atom. The van der Waals surface area contributed by atoms with E-state index in [4.69, 9.17) is 16.4 Å². The molecule has 2 heterocycles. The molecule has 0 radical (unpaired) electrons. The summed E-state index contributed by atoms with van der Waals surface area (Å²) in [5, 5.41) is 11.8.